The fraction of sp³-hybridized carbons (Fsp3) is 0.650. The molecule has 0 aromatic heterocycles. The number of esters is 1. The summed E-state index contributed by atoms with van der Waals surface area (Å²) in [6, 6.07) is 6.93. The highest BCUT2D eigenvalue weighted by atomic mass is 19.3. The third-order valence-electron chi connectivity index (χ3n) is 5.41. The maximum Gasteiger partial charge on any atom is 0.380 e. The van der Waals surface area contributed by atoms with E-state index in [9.17, 15) is 4.79 Å². The first kappa shape index (κ1) is 21.0. The number of benzene rings is 1. The summed E-state index contributed by atoms with van der Waals surface area (Å²) in [5, 5.41) is 0. The highest BCUT2D eigenvalue weighted by molar-refractivity contribution is 5.79. The lowest BCUT2D eigenvalue weighted by atomic mass is 9.77. The van der Waals surface area contributed by atoms with Gasteiger partial charge in [-0.15, -0.1) is 0 Å². The Balaban J connectivity index is 1.79. The second kappa shape index (κ2) is 8.31. The fourth-order valence-electron chi connectivity index (χ4n) is 3.72. The molecule has 0 bridgehead atoms. The maximum absolute atomic E-state index is 15.1. The number of halogens is 2. The number of methoxy groups -OCH3 is 1. The Morgan fingerprint density at radius 1 is 1.11 bits per heavy atom. The van der Waals surface area contributed by atoms with Crippen LogP contribution in [0.25, 0.3) is 0 Å². The zero-order chi connectivity index (χ0) is 20.3. The normalized spacial score (nSPS) is 20.9. The van der Waals surface area contributed by atoms with Gasteiger partial charge in [-0.1, -0.05) is 12.1 Å². The van der Waals surface area contributed by atoms with Crippen LogP contribution in [0.15, 0.2) is 24.3 Å². The van der Waals surface area contributed by atoms with Gasteiger partial charge in [-0.05, 0) is 37.5 Å². The molecule has 0 N–H and O–H groups in total. The first-order valence-electron chi connectivity index (χ1n) is 9.46. The fourth-order valence-corrected chi connectivity index (χ4v) is 3.72. The molecule has 1 aliphatic heterocycles. The van der Waals surface area contributed by atoms with E-state index in [1.54, 1.807) is 31.4 Å². The molecule has 1 saturated heterocycles. The maximum atomic E-state index is 15.1. The molecule has 0 atom stereocenters. The van der Waals surface area contributed by atoms with Crippen LogP contribution in [0.3, 0.4) is 0 Å². The predicted octanol–water partition coefficient (Wildman–Crippen LogP) is 3.47. The minimum atomic E-state index is -3.78. The SMILES string of the molecule is CCOC(=O)C(F)(F)C1(OCc2ccc(OC)cc2)CCC2(CC1)OCCO2. The van der Waals surface area contributed by atoms with Crippen molar-refractivity contribution in [3.8, 4) is 5.75 Å². The van der Waals surface area contributed by atoms with E-state index in [1.165, 1.54) is 6.92 Å². The van der Waals surface area contributed by atoms with Crippen molar-refractivity contribution in [3.05, 3.63) is 29.8 Å². The van der Waals surface area contributed by atoms with Gasteiger partial charge in [0.05, 0.1) is 33.5 Å². The average Bonchev–Trinajstić information content (AvgIpc) is 3.16. The summed E-state index contributed by atoms with van der Waals surface area (Å²) in [5.74, 6) is -5.53. The van der Waals surface area contributed by atoms with Crippen LogP contribution in [0.4, 0.5) is 8.78 Å². The van der Waals surface area contributed by atoms with Crippen LogP contribution >= 0.6 is 0 Å². The molecular weight excluding hydrogens is 374 g/mol. The summed E-state index contributed by atoms with van der Waals surface area (Å²) in [6.45, 7) is 2.18. The largest absolute Gasteiger partial charge is 0.497 e. The average molecular weight is 400 g/mol. The van der Waals surface area contributed by atoms with E-state index in [0.717, 1.165) is 0 Å². The molecule has 1 aliphatic carbocycles. The van der Waals surface area contributed by atoms with Gasteiger partial charge in [0.2, 0.25) is 0 Å². The lowest BCUT2D eigenvalue weighted by Gasteiger charge is -2.45. The van der Waals surface area contributed by atoms with Gasteiger partial charge >= 0.3 is 11.9 Å². The third-order valence-corrected chi connectivity index (χ3v) is 5.41. The Morgan fingerprint density at radius 2 is 1.71 bits per heavy atom. The van der Waals surface area contributed by atoms with Crippen molar-refractivity contribution in [2.75, 3.05) is 26.9 Å². The summed E-state index contributed by atoms with van der Waals surface area (Å²) in [5.41, 5.74) is -1.27. The molecule has 0 amide bonds. The molecule has 6 nitrogen and oxygen atoms in total. The smallest absolute Gasteiger partial charge is 0.380 e. The molecule has 2 aliphatic rings. The van der Waals surface area contributed by atoms with Crippen LogP contribution in [0.5, 0.6) is 5.75 Å². The Hall–Kier alpha value is -1.77. The molecule has 1 spiro atoms. The number of carbonyl (C=O) groups is 1. The van der Waals surface area contributed by atoms with Crippen molar-refractivity contribution >= 4 is 5.97 Å². The first-order valence-corrected chi connectivity index (χ1v) is 9.46. The highest BCUT2D eigenvalue weighted by Gasteiger charge is 2.64. The van der Waals surface area contributed by atoms with Crippen molar-refractivity contribution < 1.29 is 37.3 Å². The molecule has 0 radical (unpaired) electrons. The quantitative estimate of drug-likeness (QED) is 0.653. The molecule has 3 rings (SSSR count). The van der Waals surface area contributed by atoms with Gasteiger partial charge in [-0.25, -0.2) is 4.79 Å². The summed E-state index contributed by atoms with van der Waals surface area (Å²) < 4.78 is 57.0. The van der Waals surface area contributed by atoms with Gasteiger partial charge in [-0.2, -0.15) is 8.78 Å². The Labute approximate surface area is 163 Å². The number of hydrogen-bond donors (Lipinski definition) is 0. The molecule has 156 valence electrons. The molecule has 1 heterocycles. The molecule has 8 heteroatoms. The topological polar surface area (TPSA) is 63.2 Å². The Morgan fingerprint density at radius 3 is 2.25 bits per heavy atom. The zero-order valence-electron chi connectivity index (χ0n) is 16.2. The molecule has 1 saturated carbocycles. The van der Waals surface area contributed by atoms with E-state index in [1.807, 2.05) is 0 Å². The predicted molar refractivity (Wildman–Crippen MR) is 95.2 cm³/mol. The number of rotatable bonds is 7. The minimum absolute atomic E-state index is 0.0618. The van der Waals surface area contributed by atoms with E-state index in [0.29, 0.717) is 24.5 Å². The van der Waals surface area contributed by atoms with Gasteiger partial charge in [0.15, 0.2) is 5.79 Å². The van der Waals surface area contributed by atoms with Crippen molar-refractivity contribution in [2.24, 2.45) is 0 Å². The van der Waals surface area contributed by atoms with Gasteiger partial charge in [0, 0.05) is 12.8 Å². The first-order chi connectivity index (χ1) is 13.4. The van der Waals surface area contributed by atoms with Crippen LogP contribution in [0.1, 0.15) is 38.2 Å². The number of carbonyl (C=O) groups excluding carboxylic acids is 1. The van der Waals surface area contributed by atoms with Gasteiger partial charge in [-0.3, -0.25) is 0 Å². The monoisotopic (exact) mass is 400 g/mol. The van der Waals surface area contributed by atoms with Crippen molar-refractivity contribution in [1.29, 1.82) is 0 Å². The molecule has 2 fully saturated rings. The van der Waals surface area contributed by atoms with Gasteiger partial charge in [0.25, 0.3) is 0 Å². The second-order valence-electron chi connectivity index (χ2n) is 7.03. The lowest BCUT2D eigenvalue weighted by Crippen LogP contribution is -2.59. The van der Waals surface area contributed by atoms with E-state index in [2.05, 4.69) is 4.74 Å². The Kier molecular flexibility index (Phi) is 6.21. The molecule has 28 heavy (non-hydrogen) atoms. The zero-order valence-corrected chi connectivity index (χ0v) is 16.2. The number of ether oxygens (including phenoxy) is 5. The summed E-state index contributed by atoms with van der Waals surface area (Å²) in [4.78, 5) is 12.0. The number of alkyl halides is 2. The van der Waals surface area contributed by atoms with Crippen molar-refractivity contribution in [3.63, 3.8) is 0 Å². The third kappa shape index (κ3) is 3.99. The molecule has 1 aromatic rings. The van der Waals surface area contributed by atoms with Gasteiger partial charge < -0.3 is 23.7 Å². The summed E-state index contributed by atoms with van der Waals surface area (Å²) in [6.07, 6.45) is 0.305. The minimum Gasteiger partial charge on any atom is -0.497 e. The van der Waals surface area contributed by atoms with E-state index in [4.69, 9.17) is 18.9 Å². The molecule has 0 unspecified atom stereocenters. The van der Waals surface area contributed by atoms with E-state index >= 15 is 8.78 Å². The summed E-state index contributed by atoms with van der Waals surface area (Å²) >= 11 is 0. The van der Waals surface area contributed by atoms with Crippen LogP contribution < -0.4 is 4.74 Å². The van der Waals surface area contributed by atoms with Crippen LogP contribution in [-0.4, -0.2) is 50.2 Å². The molecular formula is C20H26F2O6. The number of hydrogen-bond acceptors (Lipinski definition) is 6. The van der Waals surface area contributed by atoms with Crippen LogP contribution in [0.2, 0.25) is 0 Å². The highest BCUT2D eigenvalue weighted by Crippen LogP contribution is 2.49. The van der Waals surface area contributed by atoms with E-state index in [-0.39, 0.29) is 38.9 Å². The second-order valence-corrected chi connectivity index (χ2v) is 7.03. The Bertz CT molecular complexity index is 660. The van der Waals surface area contributed by atoms with Gasteiger partial charge in [0.1, 0.15) is 11.4 Å². The van der Waals surface area contributed by atoms with Crippen LogP contribution in [-0.2, 0) is 30.3 Å². The summed E-state index contributed by atoms with van der Waals surface area (Å²) in [7, 11) is 1.55. The molecule has 1 aromatic carbocycles. The van der Waals surface area contributed by atoms with Crippen LogP contribution in [0, 0.1) is 0 Å². The standard InChI is InChI=1S/C20H26F2O6/c1-3-25-17(23)20(21,22)18(8-10-19(11-9-18)26-12-13-27-19)28-14-15-4-6-16(24-2)7-5-15/h4-7H,3,8-14H2,1-2H3. The van der Waals surface area contributed by atoms with Crippen molar-refractivity contribution in [2.45, 2.75) is 56.5 Å². The van der Waals surface area contributed by atoms with E-state index < -0.39 is 23.3 Å². The lowest BCUT2D eigenvalue weighted by molar-refractivity contribution is -0.270. The van der Waals surface area contributed by atoms with Crippen molar-refractivity contribution in [1.82, 2.24) is 0 Å².